The molecule has 0 spiro atoms. The average molecular weight is 228 g/mol. The van der Waals surface area contributed by atoms with E-state index in [9.17, 15) is 0 Å². The molecule has 0 aliphatic carbocycles. The Labute approximate surface area is 101 Å². The van der Waals surface area contributed by atoms with E-state index in [1.54, 1.807) is 7.11 Å². The maximum atomic E-state index is 5.81. The van der Waals surface area contributed by atoms with Crippen molar-refractivity contribution in [3.8, 4) is 16.9 Å². The van der Waals surface area contributed by atoms with E-state index in [1.165, 1.54) is 0 Å². The third kappa shape index (κ3) is 2.18. The van der Waals surface area contributed by atoms with Gasteiger partial charge in [0.2, 0.25) is 0 Å². The summed E-state index contributed by atoms with van der Waals surface area (Å²) in [6, 6.07) is 11.7. The molecule has 0 unspecified atom stereocenters. The summed E-state index contributed by atoms with van der Waals surface area (Å²) in [5.41, 5.74) is 16.1. The van der Waals surface area contributed by atoms with Crippen LogP contribution >= 0.6 is 0 Å². The summed E-state index contributed by atoms with van der Waals surface area (Å²) in [5.74, 6) is 0.856. The number of benzene rings is 2. The molecular formula is C14H16N2O. The van der Waals surface area contributed by atoms with Gasteiger partial charge in [-0.1, -0.05) is 12.1 Å². The molecule has 0 aromatic heterocycles. The van der Waals surface area contributed by atoms with E-state index < -0.39 is 0 Å². The van der Waals surface area contributed by atoms with Gasteiger partial charge >= 0.3 is 0 Å². The van der Waals surface area contributed by atoms with Crippen LogP contribution in [0.2, 0.25) is 0 Å². The number of methoxy groups -OCH3 is 1. The molecule has 0 amide bonds. The molecule has 17 heavy (non-hydrogen) atoms. The first kappa shape index (κ1) is 11.3. The molecule has 0 aliphatic rings. The third-order valence-corrected chi connectivity index (χ3v) is 2.83. The van der Waals surface area contributed by atoms with Crippen LogP contribution in [0.3, 0.4) is 0 Å². The topological polar surface area (TPSA) is 61.3 Å². The van der Waals surface area contributed by atoms with Gasteiger partial charge < -0.3 is 16.2 Å². The van der Waals surface area contributed by atoms with Gasteiger partial charge in [-0.05, 0) is 47.9 Å². The first-order valence-electron chi connectivity index (χ1n) is 5.42. The lowest BCUT2D eigenvalue weighted by Gasteiger charge is -2.10. The molecule has 0 heterocycles. The minimum Gasteiger partial charge on any atom is -0.497 e. The summed E-state index contributed by atoms with van der Waals surface area (Å²) in [7, 11) is 1.66. The lowest BCUT2D eigenvalue weighted by atomic mass is 9.99. The second-order valence-corrected chi connectivity index (χ2v) is 4.02. The van der Waals surface area contributed by atoms with E-state index in [-0.39, 0.29) is 0 Å². The van der Waals surface area contributed by atoms with Crippen LogP contribution in [-0.4, -0.2) is 7.11 Å². The van der Waals surface area contributed by atoms with E-state index in [0.717, 1.165) is 22.4 Å². The summed E-state index contributed by atoms with van der Waals surface area (Å²) in [5, 5.41) is 0. The van der Waals surface area contributed by atoms with Gasteiger partial charge in [0, 0.05) is 0 Å². The molecule has 2 aromatic rings. The Bertz CT molecular complexity index is 550. The van der Waals surface area contributed by atoms with Crippen molar-refractivity contribution in [3.63, 3.8) is 0 Å². The van der Waals surface area contributed by atoms with Crippen LogP contribution in [0.4, 0.5) is 11.4 Å². The van der Waals surface area contributed by atoms with Crippen molar-refractivity contribution in [2.45, 2.75) is 6.92 Å². The number of hydrogen-bond donors (Lipinski definition) is 2. The van der Waals surface area contributed by atoms with Gasteiger partial charge in [-0.3, -0.25) is 0 Å². The van der Waals surface area contributed by atoms with Gasteiger partial charge in [0.15, 0.2) is 0 Å². The molecule has 0 saturated carbocycles. The van der Waals surface area contributed by atoms with Crippen molar-refractivity contribution in [2.24, 2.45) is 0 Å². The Balaban J connectivity index is 2.49. The zero-order chi connectivity index (χ0) is 12.4. The second-order valence-electron chi connectivity index (χ2n) is 4.02. The standard InChI is InChI=1S/C14H16N2O/c1-9-7-11(17-2)4-5-12(9)10-3-6-13(15)14(16)8-10/h3-8H,15-16H2,1-2H3. The Morgan fingerprint density at radius 2 is 1.71 bits per heavy atom. The van der Waals surface area contributed by atoms with Crippen LogP contribution in [-0.2, 0) is 0 Å². The fraction of sp³-hybridized carbons (Fsp3) is 0.143. The number of hydrogen-bond acceptors (Lipinski definition) is 3. The Hall–Kier alpha value is -2.16. The van der Waals surface area contributed by atoms with E-state index in [4.69, 9.17) is 16.2 Å². The van der Waals surface area contributed by atoms with Gasteiger partial charge in [0.05, 0.1) is 18.5 Å². The van der Waals surface area contributed by atoms with E-state index in [0.29, 0.717) is 11.4 Å². The van der Waals surface area contributed by atoms with E-state index >= 15 is 0 Å². The summed E-state index contributed by atoms with van der Waals surface area (Å²) in [4.78, 5) is 0. The predicted molar refractivity (Wildman–Crippen MR) is 72.0 cm³/mol. The zero-order valence-corrected chi connectivity index (χ0v) is 10.0. The molecule has 0 saturated heterocycles. The molecular weight excluding hydrogens is 212 g/mol. The molecule has 0 aliphatic heterocycles. The minimum absolute atomic E-state index is 0.609. The molecule has 0 atom stereocenters. The maximum Gasteiger partial charge on any atom is 0.119 e. The monoisotopic (exact) mass is 228 g/mol. The Morgan fingerprint density at radius 3 is 2.29 bits per heavy atom. The van der Waals surface area contributed by atoms with Crippen molar-refractivity contribution in [3.05, 3.63) is 42.0 Å². The van der Waals surface area contributed by atoms with Crippen molar-refractivity contribution < 1.29 is 4.74 Å². The second kappa shape index (κ2) is 4.37. The van der Waals surface area contributed by atoms with Gasteiger partial charge in [-0.15, -0.1) is 0 Å². The van der Waals surface area contributed by atoms with Gasteiger partial charge in [0.25, 0.3) is 0 Å². The first-order chi connectivity index (χ1) is 8.11. The number of nitrogens with two attached hydrogens (primary N) is 2. The molecule has 0 bridgehead atoms. The number of aryl methyl sites for hydroxylation is 1. The molecule has 0 fully saturated rings. The Morgan fingerprint density at radius 1 is 0.941 bits per heavy atom. The van der Waals surface area contributed by atoms with Crippen LogP contribution < -0.4 is 16.2 Å². The van der Waals surface area contributed by atoms with Gasteiger partial charge in [-0.2, -0.15) is 0 Å². The molecule has 88 valence electrons. The largest absolute Gasteiger partial charge is 0.497 e. The van der Waals surface area contributed by atoms with E-state index in [1.807, 2.05) is 43.3 Å². The number of ether oxygens (including phenoxy) is 1. The lowest BCUT2D eigenvalue weighted by molar-refractivity contribution is 0.414. The van der Waals surface area contributed by atoms with Crippen molar-refractivity contribution in [1.82, 2.24) is 0 Å². The smallest absolute Gasteiger partial charge is 0.119 e. The zero-order valence-electron chi connectivity index (χ0n) is 10.0. The highest BCUT2D eigenvalue weighted by Gasteiger charge is 2.05. The van der Waals surface area contributed by atoms with Crippen molar-refractivity contribution in [2.75, 3.05) is 18.6 Å². The van der Waals surface area contributed by atoms with Crippen LogP contribution in [0, 0.1) is 6.92 Å². The Kier molecular flexibility index (Phi) is 2.91. The maximum absolute atomic E-state index is 5.81. The molecule has 0 radical (unpaired) electrons. The normalized spacial score (nSPS) is 10.2. The SMILES string of the molecule is COc1ccc(-c2ccc(N)c(N)c2)c(C)c1. The average Bonchev–Trinajstić information content (AvgIpc) is 2.32. The summed E-state index contributed by atoms with van der Waals surface area (Å²) >= 11 is 0. The lowest BCUT2D eigenvalue weighted by Crippen LogP contribution is -1.95. The van der Waals surface area contributed by atoms with Crippen LogP contribution in [0.25, 0.3) is 11.1 Å². The van der Waals surface area contributed by atoms with Crippen LogP contribution in [0.5, 0.6) is 5.75 Å². The fourth-order valence-corrected chi connectivity index (χ4v) is 1.83. The van der Waals surface area contributed by atoms with Gasteiger partial charge in [-0.25, -0.2) is 0 Å². The summed E-state index contributed by atoms with van der Waals surface area (Å²) in [6.45, 7) is 2.05. The van der Waals surface area contributed by atoms with Crippen LogP contribution in [0.15, 0.2) is 36.4 Å². The number of anilines is 2. The van der Waals surface area contributed by atoms with Crippen LogP contribution in [0.1, 0.15) is 5.56 Å². The predicted octanol–water partition coefficient (Wildman–Crippen LogP) is 2.84. The molecule has 3 nitrogen and oxygen atoms in total. The molecule has 2 aromatic carbocycles. The molecule has 2 rings (SSSR count). The molecule has 3 heteroatoms. The van der Waals surface area contributed by atoms with E-state index in [2.05, 4.69) is 0 Å². The number of rotatable bonds is 2. The molecule has 4 N–H and O–H groups in total. The highest BCUT2D eigenvalue weighted by molar-refractivity contribution is 5.76. The summed E-state index contributed by atoms with van der Waals surface area (Å²) < 4.78 is 5.18. The van der Waals surface area contributed by atoms with Crippen molar-refractivity contribution in [1.29, 1.82) is 0 Å². The number of nitrogen functional groups attached to an aromatic ring is 2. The third-order valence-electron chi connectivity index (χ3n) is 2.83. The van der Waals surface area contributed by atoms with Gasteiger partial charge in [0.1, 0.15) is 5.75 Å². The van der Waals surface area contributed by atoms with Crippen molar-refractivity contribution >= 4 is 11.4 Å². The quantitative estimate of drug-likeness (QED) is 0.777. The highest BCUT2D eigenvalue weighted by atomic mass is 16.5. The highest BCUT2D eigenvalue weighted by Crippen LogP contribution is 2.29. The first-order valence-corrected chi connectivity index (χ1v) is 5.42. The fourth-order valence-electron chi connectivity index (χ4n) is 1.83. The minimum atomic E-state index is 0.609. The summed E-state index contributed by atoms with van der Waals surface area (Å²) in [6.07, 6.45) is 0.